The number of alkyl halides is 3. The third-order valence-electron chi connectivity index (χ3n) is 4.41. The highest BCUT2D eigenvalue weighted by atomic mass is 19.4. The highest BCUT2D eigenvalue weighted by Gasteiger charge is 2.33. The molecule has 0 saturated carbocycles. The first-order valence-electron chi connectivity index (χ1n) is 8.63. The molecule has 0 saturated heterocycles. The lowest BCUT2D eigenvalue weighted by atomic mass is 10.0. The summed E-state index contributed by atoms with van der Waals surface area (Å²) in [7, 11) is 0. The molecule has 6 nitrogen and oxygen atoms in total. The van der Waals surface area contributed by atoms with Crippen LogP contribution in [0.3, 0.4) is 0 Å². The monoisotopic (exact) mass is 407 g/mol. The van der Waals surface area contributed by atoms with Gasteiger partial charge < -0.3 is 5.32 Å². The lowest BCUT2D eigenvalue weighted by Crippen LogP contribution is -2.29. The van der Waals surface area contributed by atoms with Crippen LogP contribution in [0.5, 0.6) is 0 Å². The fourth-order valence-corrected chi connectivity index (χ4v) is 2.89. The summed E-state index contributed by atoms with van der Waals surface area (Å²) in [4.78, 5) is 12.9. The predicted octanol–water partition coefficient (Wildman–Crippen LogP) is 3.87. The molecule has 29 heavy (non-hydrogen) atoms. The van der Waals surface area contributed by atoms with Gasteiger partial charge in [0, 0.05) is 12.1 Å². The van der Waals surface area contributed by atoms with E-state index in [-0.39, 0.29) is 17.7 Å². The summed E-state index contributed by atoms with van der Waals surface area (Å²) in [6.07, 6.45) is -4.42. The molecule has 0 aliphatic carbocycles. The van der Waals surface area contributed by atoms with Crippen LogP contribution in [0.1, 0.15) is 28.6 Å². The van der Waals surface area contributed by atoms with Crippen LogP contribution < -0.4 is 5.32 Å². The van der Waals surface area contributed by atoms with Gasteiger partial charge in [-0.25, -0.2) is 9.07 Å². The SMILES string of the molecule is Cc1ccc(NC(=O)C(Cc2ccc(F)cc2)n2nnnc2C)cc1C(F)(F)F. The van der Waals surface area contributed by atoms with E-state index in [1.54, 1.807) is 6.92 Å². The third kappa shape index (κ3) is 4.76. The Morgan fingerprint density at radius 2 is 1.83 bits per heavy atom. The first kappa shape index (κ1) is 20.4. The van der Waals surface area contributed by atoms with E-state index in [4.69, 9.17) is 0 Å². The number of nitrogens with zero attached hydrogens (tertiary/aromatic N) is 4. The van der Waals surface area contributed by atoms with Gasteiger partial charge in [-0.1, -0.05) is 18.2 Å². The van der Waals surface area contributed by atoms with Gasteiger partial charge in [0.05, 0.1) is 5.56 Å². The molecule has 0 bridgehead atoms. The topological polar surface area (TPSA) is 72.7 Å². The van der Waals surface area contributed by atoms with Crippen molar-refractivity contribution in [3.8, 4) is 0 Å². The van der Waals surface area contributed by atoms with Crippen molar-refractivity contribution in [2.75, 3.05) is 5.32 Å². The van der Waals surface area contributed by atoms with Gasteiger partial charge in [0.15, 0.2) is 0 Å². The zero-order chi connectivity index (χ0) is 21.2. The van der Waals surface area contributed by atoms with E-state index >= 15 is 0 Å². The zero-order valence-corrected chi connectivity index (χ0v) is 15.5. The van der Waals surface area contributed by atoms with E-state index in [1.165, 1.54) is 48.0 Å². The summed E-state index contributed by atoms with van der Waals surface area (Å²) in [5, 5.41) is 13.6. The summed E-state index contributed by atoms with van der Waals surface area (Å²) in [5.41, 5.74) is -0.136. The summed E-state index contributed by atoms with van der Waals surface area (Å²) in [5.74, 6) is -0.665. The molecule has 0 aliphatic rings. The first-order valence-corrected chi connectivity index (χ1v) is 8.63. The molecule has 0 spiro atoms. The second-order valence-corrected chi connectivity index (χ2v) is 6.53. The molecule has 1 amide bonds. The fourth-order valence-electron chi connectivity index (χ4n) is 2.89. The second-order valence-electron chi connectivity index (χ2n) is 6.53. The lowest BCUT2D eigenvalue weighted by Gasteiger charge is -2.19. The molecule has 1 N–H and O–H groups in total. The maximum absolute atomic E-state index is 13.2. The summed E-state index contributed by atoms with van der Waals surface area (Å²) < 4.78 is 53.9. The van der Waals surface area contributed by atoms with E-state index in [9.17, 15) is 22.4 Å². The standard InChI is InChI=1S/C19H17F4N5O/c1-11-3-8-15(10-16(11)19(21,22)23)24-18(29)17(28-12(2)25-26-27-28)9-13-4-6-14(20)7-5-13/h3-8,10,17H,9H2,1-2H3,(H,24,29). The van der Waals surface area contributed by atoms with Crippen LogP contribution in [0.2, 0.25) is 0 Å². The molecular formula is C19H17F4N5O. The molecule has 1 unspecified atom stereocenters. The molecule has 0 fully saturated rings. The van der Waals surface area contributed by atoms with Crippen LogP contribution in [0.4, 0.5) is 23.2 Å². The number of aromatic nitrogens is 4. The first-order chi connectivity index (χ1) is 13.6. The van der Waals surface area contributed by atoms with Crippen molar-refractivity contribution in [1.82, 2.24) is 20.2 Å². The number of anilines is 1. The average Bonchev–Trinajstić information content (AvgIpc) is 3.07. The van der Waals surface area contributed by atoms with Crippen LogP contribution >= 0.6 is 0 Å². The van der Waals surface area contributed by atoms with Crippen LogP contribution in [0.15, 0.2) is 42.5 Å². The molecule has 1 heterocycles. The summed E-state index contributed by atoms with van der Waals surface area (Å²) in [6.45, 7) is 2.94. The van der Waals surface area contributed by atoms with Gasteiger partial charge in [-0.05, 0) is 59.7 Å². The fraction of sp³-hybridized carbons (Fsp3) is 0.263. The van der Waals surface area contributed by atoms with Crippen molar-refractivity contribution >= 4 is 11.6 Å². The van der Waals surface area contributed by atoms with E-state index in [1.807, 2.05) is 0 Å². The van der Waals surface area contributed by atoms with Crippen LogP contribution in [-0.2, 0) is 17.4 Å². The Balaban J connectivity index is 1.89. The van der Waals surface area contributed by atoms with Crippen LogP contribution in [-0.4, -0.2) is 26.1 Å². The number of aryl methyl sites for hydroxylation is 2. The maximum Gasteiger partial charge on any atom is 0.416 e. The number of hydrogen-bond donors (Lipinski definition) is 1. The molecule has 1 atom stereocenters. The van der Waals surface area contributed by atoms with E-state index in [0.29, 0.717) is 11.4 Å². The Kier molecular flexibility index (Phi) is 5.62. The lowest BCUT2D eigenvalue weighted by molar-refractivity contribution is -0.138. The van der Waals surface area contributed by atoms with E-state index < -0.39 is 29.5 Å². The number of carbonyl (C=O) groups is 1. The third-order valence-corrected chi connectivity index (χ3v) is 4.41. The minimum absolute atomic E-state index is 0.00255. The number of hydrogen-bond acceptors (Lipinski definition) is 4. The maximum atomic E-state index is 13.2. The Morgan fingerprint density at radius 3 is 2.41 bits per heavy atom. The number of carbonyl (C=O) groups excluding carboxylic acids is 1. The summed E-state index contributed by atoms with van der Waals surface area (Å²) >= 11 is 0. The van der Waals surface area contributed by atoms with Crippen molar-refractivity contribution in [2.45, 2.75) is 32.5 Å². The minimum atomic E-state index is -4.54. The van der Waals surface area contributed by atoms with Crippen molar-refractivity contribution < 1.29 is 22.4 Å². The van der Waals surface area contributed by atoms with Crippen LogP contribution in [0, 0.1) is 19.7 Å². The Bertz CT molecular complexity index is 1010. The van der Waals surface area contributed by atoms with Crippen molar-refractivity contribution in [1.29, 1.82) is 0 Å². The molecule has 3 rings (SSSR count). The molecule has 0 aliphatic heterocycles. The number of benzene rings is 2. The quantitative estimate of drug-likeness (QED) is 0.652. The highest BCUT2D eigenvalue weighted by molar-refractivity contribution is 5.94. The normalized spacial score (nSPS) is 12.6. The Hall–Kier alpha value is -3.30. The molecule has 10 heteroatoms. The average molecular weight is 407 g/mol. The Morgan fingerprint density at radius 1 is 1.14 bits per heavy atom. The number of rotatable bonds is 5. The van der Waals surface area contributed by atoms with Gasteiger partial charge in [0.2, 0.25) is 5.91 Å². The molecule has 152 valence electrons. The van der Waals surface area contributed by atoms with Crippen molar-refractivity contribution in [3.63, 3.8) is 0 Å². The Labute approximate surface area is 163 Å². The molecular weight excluding hydrogens is 390 g/mol. The summed E-state index contributed by atoms with van der Waals surface area (Å²) in [6, 6.07) is 8.17. The highest BCUT2D eigenvalue weighted by Crippen LogP contribution is 2.33. The second kappa shape index (κ2) is 7.98. The molecule has 1 aromatic heterocycles. The van der Waals surface area contributed by atoms with Gasteiger partial charge in [0.25, 0.3) is 0 Å². The number of nitrogens with one attached hydrogen (secondary N) is 1. The number of tetrazole rings is 1. The van der Waals surface area contributed by atoms with Crippen molar-refractivity contribution in [2.24, 2.45) is 0 Å². The zero-order valence-electron chi connectivity index (χ0n) is 15.5. The molecule has 0 radical (unpaired) electrons. The van der Waals surface area contributed by atoms with Crippen LogP contribution in [0.25, 0.3) is 0 Å². The predicted molar refractivity (Wildman–Crippen MR) is 96.5 cm³/mol. The van der Waals surface area contributed by atoms with Gasteiger partial charge in [-0.15, -0.1) is 5.10 Å². The van der Waals surface area contributed by atoms with E-state index in [0.717, 1.165) is 6.07 Å². The number of amides is 1. The number of halogens is 4. The van der Waals surface area contributed by atoms with Gasteiger partial charge >= 0.3 is 6.18 Å². The van der Waals surface area contributed by atoms with Gasteiger partial charge in [-0.2, -0.15) is 13.2 Å². The molecule has 3 aromatic rings. The van der Waals surface area contributed by atoms with Gasteiger partial charge in [0.1, 0.15) is 17.7 Å². The smallest absolute Gasteiger partial charge is 0.324 e. The van der Waals surface area contributed by atoms with Gasteiger partial charge in [-0.3, -0.25) is 4.79 Å². The largest absolute Gasteiger partial charge is 0.416 e. The minimum Gasteiger partial charge on any atom is -0.324 e. The van der Waals surface area contributed by atoms with E-state index in [2.05, 4.69) is 20.8 Å². The molecule has 2 aromatic carbocycles. The van der Waals surface area contributed by atoms with Crippen molar-refractivity contribution in [3.05, 3.63) is 70.8 Å².